The zero-order chi connectivity index (χ0) is 13.6. The van der Waals surface area contributed by atoms with Crippen LogP contribution in [0.15, 0.2) is 54.6 Å². The third-order valence-electron chi connectivity index (χ3n) is 3.15. The van der Waals surface area contributed by atoms with Crippen LogP contribution < -0.4 is 4.74 Å². The van der Waals surface area contributed by atoms with Gasteiger partial charge in [-0.1, -0.05) is 42.5 Å². The van der Waals surface area contributed by atoms with Crippen molar-refractivity contribution in [1.82, 2.24) is 0 Å². The standard InChI is InChI=1S/C17H18O3/c1-2-4-14(5-3-1)11-19-16-8-6-15(7-9-16)10-18-12-17-13-20-17/h1-9,17H,10-13H2. The van der Waals surface area contributed by atoms with Gasteiger partial charge in [0.2, 0.25) is 0 Å². The van der Waals surface area contributed by atoms with Crippen molar-refractivity contribution < 1.29 is 14.2 Å². The third kappa shape index (κ3) is 4.08. The summed E-state index contributed by atoms with van der Waals surface area (Å²) in [5.74, 6) is 0.878. The van der Waals surface area contributed by atoms with E-state index in [1.54, 1.807) is 0 Å². The Balaban J connectivity index is 1.45. The molecule has 104 valence electrons. The highest BCUT2D eigenvalue weighted by molar-refractivity contribution is 5.27. The van der Waals surface area contributed by atoms with E-state index in [0.29, 0.717) is 25.9 Å². The lowest BCUT2D eigenvalue weighted by molar-refractivity contribution is 0.104. The fourth-order valence-electron chi connectivity index (χ4n) is 1.90. The molecule has 3 rings (SSSR count). The van der Waals surface area contributed by atoms with Gasteiger partial charge in [0.05, 0.1) is 19.8 Å². The summed E-state index contributed by atoms with van der Waals surface area (Å²) in [5.41, 5.74) is 2.32. The Kier molecular flexibility index (Phi) is 4.31. The van der Waals surface area contributed by atoms with Gasteiger partial charge >= 0.3 is 0 Å². The van der Waals surface area contributed by atoms with Crippen molar-refractivity contribution >= 4 is 0 Å². The highest BCUT2D eigenvalue weighted by atomic mass is 16.6. The number of benzene rings is 2. The Hall–Kier alpha value is -1.84. The molecule has 0 radical (unpaired) electrons. The Morgan fingerprint density at radius 2 is 1.60 bits per heavy atom. The molecule has 3 heteroatoms. The molecular weight excluding hydrogens is 252 g/mol. The summed E-state index contributed by atoms with van der Waals surface area (Å²) in [6, 6.07) is 18.2. The molecular formula is C17H18O3. The Morgan fingerprint density at radius 1 is 0.900 bits per heavy atom. The highest BCUT2D eigenvalue weighted by Gasteiger charge is 2.22. The van der Waals surface area contributed by atoms with Crippen LogP contribution >= 0.6 is 0 Å². The normalized spacial score (nSPS) is 16.9. The van der Waals surface area contributed by atoms with Gasteiger partial charge in [-0.3, -0.25) is 0 Å². The van der Waals surface area contributed by atoms with E-state index >= 15 is 0 Å². The van der Waals surface area contributed by atoms with Crippen molar-refractivity contribution in [2.45, 2.75) is 19.3 Å². The number of ether oxygens (including phenoxy) is 3. The molecule has 2 aromatic carbocycles. The maximum Gasteiger partial charge on any atom is 0.119 e. The molecule has 1 aliphatic rings. The Morgan fingerprint density at radius 3 is 2.30 bits per heavy atom. The molecule has 3 nitrogen and oxygen atoms in total. The SMILES string of the molecule is c1ccc(COc2ccc(COCC3CO3)cc2)cc1. The largest absolute Gasteiger partial charge is 0.489 e. The quantitative estimate of drug-likeness (QED) is 0.724. The molecule has 1 atom stereocenters. The fourth-order valence-corrected chi connectivity index (χ4v) is 1.90. The van der Waals surface area contributed by atoms with Crippen molar-refractivity contribution in [2.24, 2.45) is 0 Å². The van der Waals surface area contributed by atoms with Crippen LogP contribution in [-0.2, 0) is 22.7 Å². The van der Waals surface area contributed by atoms with Crippen LogP contribution in [0, 0.1) is 0 Å². The first-order chi connectivity index (χ1) is 9.90. The van der Waals surface area contributed by atoms with Gasteiger partial charge in [0, 0.05) is 0 Å². The van der Waals surface area contributed by atoms with E-state index in [1.165, 1.54) is 5.56 Å². The molecule has 0 saturated carbocycles. The minimum Gasteiger partial charge on any atom is -0.489 e. The van der Waals surface area contributed by atoms with Gasteiger partial charge in [-0.25, -0.2) is 0 Å². The predicted octanol–water partition coefficient (Wildman–Crippen LogP) is 3.18. The molecule has 2 aromatic rings. The summed E-state index contributed by atoms with van der Waals surface area (Å²) in [7, 11) is 0. The highest BCUT2D eigenvalue weighted by Crippen LogP contribution is 2.16. The van der Waals surface area contributed by atoms with Crippen molar-refractivity contribution in [2.75, 3.05) is 13.2 Å². The van der Waals surface area contributed by atoms with Gasteiger partial charge in [-0.2, -0.15) is 0 Å². The minimum atomic E-state index is 0.323. The lowest BCUT2D eigenvalue weighted by Crippen LogP contribution is -2.01. The van der Waals surface area contributed by atoms with Crippen LogP contribution in [0.3, 0.4) is 0 Å². The minimum absolute atomic E-state index is 0.323. The number of hydrogen-bond acceptors (Lipinski definition) is 3. The van der Waals surface area contributed by atoms with Gasteiger partial charge in [0.1, 0.15) is 18.5 Å². The summed E-state index contributed by atoms with van der Waals surface area (Å²) in [6.45, 7) is 2.74. The van der Waals surface area contributed by atoms with E-state index < -0.39 is 0 Å². The average Bonchev–Trinajstić information content (AvgIpc) is 3.32. The van der Waals surface area contributed by atoms with Crippen LogP contribution in [-0.4, -0.2) is 19.3 Å². The summed E-state index contributed by atoms with van der Waals surface area (Å²) in [5, 5.41) is 0. The number of rotatable bonds is 7. The summed E-state index contributed by atoms with van der Waals surface area (Å²) < 4.78 is 16.4. The van der Waals surface area contributed by atoms with E-state index in [-0.39, 0.29) is 0 Å². The van der Waals surface area contributed by atoms with E-state index in [0.717, 1.165) is 17.9 Å². The second-order valence-electron chi connectivity index (χ2n) is 4.89. The lowest BCUT2D eigenvalue weighted by atomic mass is 10.2. The number of epoxide rings is 1. The average molecular weight is 270 g/mol. The number of hydrogen-bond donors (Lipinski definition) is 0. The second-order valence-corrected chi connectivity index (χ2v) is 4.89. The Bertz CT molecular complexity index is 518. The molecule has 1 aliphatic heterocycles. The lowest BCUT2D eigenvalue weighted by Gasteiger charge is -2.07. The van der Waals surface area contributed by atoms with Crippen molar-refractivity contribution in [3.05, 3.63) is 65.7 Å². The van der Waals surface area contributed by atoms with Crippen LogP contribution in [0.2, 0.25) is 0 Å². The van der Waals surface area contributed by atoms with E-state index in [1.807, 2.05) is 42.5 Å². The molecule has 1 saturated heterocycles. The van der Waals surface area contributed by atoms with Gasteiger partial charge in [0.25, 0.3) is 0 Å². The second kappa shape index (κ2) is 6.55. The molecule has 0 N–H and O–H groups in total. The maximum absolute atomic E-state index is 5.74. The fraction of sp³-hybridized carbons (Fsp3) is 0.294. The van der Waals surface area contributed by atoms with Gasteiger partial charge in [0.15, 0.2) is 0 Å². The van der Waals surface area contributed by atoms with E-state index in [9.17, 15) is 0 Å². The first kappa shape index (κ1) is 13.2. The Labute approximate surface area is 119 Å². The molecule has 1 heterocycles. The molecule has 0 bridgehead atoms. The summed E-state index contributed by atoms with van der Waals surface area (Å²) in [6.07, 6.45) is 0.323. The van der Waals surface area contributed by atoms with Crippen LogP contribution in [0.1, 0.15) is 11.1 Å². The van der Waals surface area contributed by atoms with E-state index in [2.05, 4.69) is 12.1 Å². The first-order valence-electron chi connectivity index (χ1n) is 6.85. The molecule has 0 spiro atoms. The molecule has 0 aliphatic carbocycles. The van der Waals surface area contributed by atoms with Crippen molar-refractivity contribution in [1.29, 1.82) is 0 Å². The smallest absolute Gasteiger partial charge is 0.119 e. The summed E-state index contributed by atoms with van der Waals surface area (Å²) >= 11 is 0. The zero-order valence-corrected chi connectivity index (χ0v) is 11.3. The van der Waals surface area contributed by atoms with Gasteiger partial charge in [-0.05, 0) is 23.3 Å². The van der Waals surface area contributed by atoms with Crippen molar-refractivity contribution in [3.8, 4) is 5.75 Å². The third-order valence-corrected chi connectivity index (χ3v) is 3.15. The molecule has 1 unspecified atom stereocenters. The van der Waals surface area contributed by atoms with Crippen molar-refractivity contribution in [3.63, 3.8) is 0 Å². The molecule has 0 aromatic heterocycles. The van der Waals surface area contributed by atoms with Gasteiger partial charge in [-0.15, -0.1) is 0 Å². The topological polar surface area (TPSA) is 31.0 Å². The van der Waals surface area contributed by atoms with Crippen LogP contribution in [0.4, 0.5) is 0 Å². The summed E-state index contributed by atoms with van der Waals surface area (Å²) in [4.78, 5) is 0. The molecule has 20 heavy (non-hydrogen) atoms. The monoisotopic (exact) mass is 270 g/mol. The van der Waals surface area contributed by atoms with Crippen LogP contribution in [0.25, 0.3) is 0 Å². The van der Waals surface area contributed by atoms with Gasteiger partial charge < -0.3 is 14.2 Å². The zero-order valence-electron chi connectivity index (χ0n) is 11.3. The maximum atomic E-state index is 5.74. The van der Waals surface area contributed by atoms with E-state index in [4.69, 9.17) is 14.2 Å². The van der Waals surface area contributed by atoms with Crippen LogP contribution in [0.5, 0.6) is 5.75 Å². The first-order valence-corrected chi connectivity index (χ1v) is 6.85. The molecule has 0 amide bonds. The predicted molar refractivity (Wildman–Crippen MR) is 76.6 cm³/mol. The molecule has 1 fully saturated rings.